The molecular weight excluding hydrogens is 290 g/mol. The van der Waals surface area contributed by atoms with Crippen LogP contribution in [0.5, 0.6) is 0 Å². The molecule has 114 valence electrons. The predicted octanol–water partition coefficient (Wildman–Crippen LogP) is 1.76. The molecule has 3 unspecified atom stereocenters. The van der Waals surface area contributed by atoms with Crippen LogP contribution < -0.4 is 0 Å². The zero-order valence-corrected chi connectivity index (χ0v) is 12.7. The molecule has 1 N–H and O–H groups in total. The van der Waals surface area contributed by atoms with Crippen LogP contribution in [0.15, 0.2) is 24.3 Å². The average Bonchev–Trinajstić information content (AvgIpc) is 2.99. The zero-order chi connectivity index (χ0) is 15.2. The van der Waals surface area contributed by atoms with Crippen molar-refractivity contribution in [3.63, 3.8) is 0 Å². The number of carboxylic acids is 1. The molecule has 1 aromatic rings. The number of nitrogens with zero attached hydrogens (tertiary/aromatic N) is 1. The molecule has 2 aliphatic rings. The highest BCUT2D eigenvalue weighted by Crippen LogP contribution is 2.44. The first-order chi connectivity index (χ1) is 9.88. The zero-order valence-electron chi connectivity index (χ0n) is 11.9. The lowest BCUT2D eigenvalue weighted by molar-refractivity contribution is -0.142. The smallest absolute Gasteiger partial charge is 0.308 e. The van der Waals surface area contributed by atoms with E-state index >= 15 is 0 Å². The number of benzene rings is 1. The molecule has 0 aliphatic carbocycles. The van der Waals surface area contributed by atoms with Gasteiger partial charge in [0, 0.05) is 12.1 Å². The third-order valence-electron chi connectivity index (χ3n) is 4.58. The van der Waals surface area contributed by atoms with E-state index in [9.17, 15) is 18.3 Å². The van der Waals surface area contributed by atoms with Gasteiger partial charge in [0.15, 0.2) is 0 Å². The molecule has 2 saturated heterocycles. The number of aliphatic carboxylic acids is 1. The van der Waals surface area contributed by atoms with Crippen molar-refractivity contribution < 1.29 is 18.3 Å². The SMILES string of the molecule is Cc1ccc(CS(=O)(=O)N2C3CCC2C(C(=O)O)C3)cc1. The molecule has 1 aromatic carbocycles. The van der Waals surface area contributed by atoms with Gasteiger partial charge in [0.25, 0.3) is 0 Å². The maximum atomic E-state index is 12.6. The Morgan fingerprint density at radius 3 is 2.52 bits per heavy atom. The molecule has 0 saturated carbocycles. The van der Waals surface area contributed by atoms with Crippen LogP contribution in [0.4, 0.5) is 0 Å². The van der Waals surface area contributed by atoms with Gasteiger partial charge in [-0.05, 0) is 31.7 Å². The van der Waals surface area contributed by atoms with Crippen molar-refractivity contribution in [1.29, 1.82) is 0 Å². The van der Waals surface area contributed by atoms with Crippen molar-refractivity contribution in [1.82, 2.24) is 4.31 Å². The van der Waals surface area contributed by atoms with E-state index in [0.29, 0.717) is 12.8 Å². The van der Waals surface area contributed by atoms with Crippen LogP contribution in [-0.2, 0) is 20.6 Å². The Kier molecular flexibility index (Phi) is 3.53. The number of hydrogen-bond acceptors (Lipinski definition) is 3. The van der Waals surface area contributed by atoms with Gasteiger partial charge < -0.3 is 5.11 Å². The van der Waals surface area contributed by atoms with Crippen molar-refractivity contribution in [3.05, 3.63) is 35.4 Å². The van der Waals surface area contributed by atoms with Crippen molar-refractivity contribution in [3.8, 4) is 0 Å². The standard InChI is InChI=1S/C15H19NO4S/c1-10-2-4-11(5-3-10)9-21(19,20)16-12-6-7-14(16)13(8-12)15(17)18/h2-5,12-14H,6-9H2,1H3,(H,17,18). The van der Waals surface area contributed by atoms with Gasteiger partial charge in [-0.15, -0.1) is 0 Å². The summed E-state index contributed by atoms with van der Waals surface area (Å²) in [5.74, 6) is -1.47. The first-order valence-electron chi connectivity index (χ1n) is 7.18. The molecule has 2 heterocycles. The maximum absolute atomic E-state index is 12.6. The minimum Gasteiger partial charge on any atom is -0.481 e. The Hall–Kier alpha value is -1.40. The van der Waals surface area contributed by atoms with Gasteiger partial charge in [0.1, 0.15) is 0 Å². The molecule has 0 aromatic heterocycles. The molecule has 0 radical (unpaired) electrons. The summed E-state index contributed by atoms with van der Waals surface area (Å²) < 4.78 is 26.8. The molecule has 2 aliphatic heterocycles. The van der Waals surface area contributed by atoms with E-state index in [1.165, 1.54) is 4.31 Å². The van der Waals surface area contributed by atoms with Gasteiger partial charge in [0.2, 0.25) is 10.0 Å². The second kappa shape index (κ2) is 5.10. The largest absolute Gasteiger partial charge is 0.481 e. The average molecular weight is 309 g/mol. The van der Waals surface area contributed by atoms with Crippen LogP contribution in [-0.4, -0.2) is 35.9 Å². The molecule has 0 amide bonds. The highest BCUT2D eigenvalue weighted by Gasteiger charge is 2.53. The van der Waals surface area contributed by atoms with E-state index in [-0.39, 0.29) is 17.8 Å². The lowest BCUT2D eigenvalue weighted by Gasteiger charge is -2.22. The summed E-state index contributed by atoms with van der Waals surface area (Å²) in [5, 5.41) is 9.22. The quantitative estimate of drug-likeness (QED) is 0.919. The Morgan fingerprint density at radius 2 is 1.95 bits per heavy atom. The van der Waals surface area contributed by atoms with Gasteiger partial charge in [-0.1, -0.05) is 29.8 Å². The third kappa shape index (κ3) is 2.58. The van der Waals surface area contributed by atoms with E-state index in [2.05, 4.69) is 0 Å². The number of carboxylic acid groups (broad SMARTS) is 1. The van der Waals surface area contributed by atoms with Gasteiger partial charge in [-0.25, -0.2) is 8.42 Å². The van der Waals surface area contributed by atoms with Crippen LogP contribution in [0.25, 0.3) is 0 Å². The second-order valence-electron chi connectivity index (χ2n) is 6.05. The number of carbonyl (C=O) groups is 1. The summed E-state index contributed by atoms with van der Waals surface area (Å²) in [6.45, 7) is 1.95. The van der Waals surface area contributed by atoms with E-state index in [4.69, 9.17) is 0 Å². The number of sulfonamides is 1. The minimum atomic E-state index is -3.46. The second-order valence-corrected chi connectivity index (χ2v) is 7.92. The molecule has 3 rings (SSSR count). The van der Waals surface area contributed by atoms with Gasteiger partial charge >= 0.3 is 5.97 Å². The Bertz CT molecular complexity index is 653. The third-order valence-corrected chi connectivity index (χ3v) is 6.49. The number of fused-ring (bicyclic) bond motifs is 2. The van der Waals surface area contributed by atoms with Crippen LogP contribution in [0.2, 0.25) is 0 Å². The fourth-order valence-corrected chi connectivity index (χ4v) is 5.68. The molecular formula is C15H19NO4S. The molecule has 2 bridgehead atoms. The van der Waals surface area contributed by atoms with Crippen molar-refractivity contribution in [2.24, 2.45) is 5.92 Å². The topological polar surface area (TPSA) is 74.7 Å². The molecule has 6 heteroatoms. The summed E-state index contributed by atoms with van der Waals surface area (Å²) >= 11 is 0. The van der Waals surface area contributed by atoms with Crippen LogP contribution in [0.3, 0.4) is 0 Å². The monoisotopic (exact) mass is 309 g/mol. The molecule has 0 spiro atoms. The highest BCUT2D eigenvalue weighted by molar-refractivity contribution is 7.88. The lowest BCUT2D eigenvalue weighted by atomic mass is 9.89. The molecule has 5 nitrogen and oxygen atoms in total. The minimum absolute atomic E-state index is 0.0490. The summed E-state index contributed by atoms with van der Waals surface area (Å²) in [4.78, 5) is 11.2. The summed E-state index contributed by atoms with van der Waals surface area (Å²) in [5.41, 5.74) is 1.84. The van der Waals surface area contributed by atoms with E-state index < -0.39 is 21.9 Å². The first kappa shape index (κ1) is 14.5. The number of aryl methyl sites for hydroxylation is 1. The maximum Gasteiger partial charge on any atom is 0.308 e. The van der Waals surface area contributed by atoms with Gasteiger partial charge in [0.05, 0.1) is 11.7 Å². The summed E-state index contributed by atoms with van der Waals surface area (Å²) in [7, 11) is -3.46. The van der Waals surface area contributed by atoms with Gasteiger partial charge in [-0.3, -0.25) is 4.79 Å². The van der Waals surface area contributed by atoms with E-state index in [1.54, 1.807) is 0 Å². The molecule has 2 fully saturated rings. The van der Waals surface area contributed by atoms with Gasteiger partial charge in [-0.2, -0.15) is 4.31 Å². The van der Waals surface area contributed by atoms with E-state index in [1.807, 2.05) is 31.2 Å². The fourth-order valence-electron chi connectivity index (χ4n) is 3.61. The van der Waals surface area contributed by atoms with Crippen molar-refractivity contribution >= 4 is 16.0 Å². The number of hydrogen-bond donors (Lipinski definition) is 1. The molecule has 3 atom stereocenters. The Labute approximate surface area is 124 Å². The summed E-state index contributed by atoms with van der Waals surface area (Å²) in [6, 6.07) is 6.93. The first-order valence-corrected chi connectivity index (χ1v) is 8.79. The normalized spacial score (nSPS) is 28.9. The van der Waals surface area contributed by atoms with Crippen LogP contribution in [0.1, 0.15) is 30.4 Å². The predicted molar refractivity (Wildman–Crippen MR) is 78.2 cm³/mol. The highest BCUT2D eigenvalue weighted by atomic mass is 32.2. The van der Waals surface area contributed by atoms with Crippen molar-refractivity contribution in [2.75, 3.05) is 0 Å². The fraction of sp³-hybridized carbons (Fsp3) is 0.533. The summed E-state index contributed by atoms with van der Waals surface area (Å²) in [6.07, 6.45) is 1.89. The molecule has 21 heavy (non-hydrogen) atoms. The number of rotatable bonds is 4. The van der Waals surface area contributed by atoms with Crippen molar-refractivity contribution in [2.45, 2.75) is 44.0 Å². The van der Waals surface area contributed by atoms with Crippen LogP contribution in [0, 0.1) is 12.8 Å². The lowest BCUT2D eigenvalue weighted by Crippen LogP contribution is -2.38. The van der Waals surface area contributed by atoms with E-state index in [0.717, 1.165) is 17.5 Å². The Balaban J connectivity index is 1.82. The van der Waals surface area contributed by atoms with Crippen LogP contribution >= 0.6 is 0 Å². The Morgan fingerprint density at radius 1 is 1.29 bits per heavy atom.